The van der Waals surface area contributed by atoms with Gasteiger partial charge in [-0.3, -0.25) is 18.7 Å². The van der Waals surface area contributed by atoms with Crippen molar-refractivity contribution >= 4 is 28.6 Å². The summed E-state index contributed by atoms with van der Waals surface area (Å²) in [7, 11) is -0.128. The number of fused-ring (bicyclic) bond motifs is 1. The van der Waals surface area contributed by atoms with Gasteiger partial charge in [0.15, 0.2) is 6.10 Å². The maximum atomic E-state index is 12.7. The van der Waals surface area contributed by atoms with E-state index in [4.69, 9.17) is 14.2 Å². The Balaban J connectivity index is 1.86. The van der Waals surface area contributed by atoms with Crippen LogP contribution in [0.3, 0.4) is 0 Å². The summed E-state index contributed by atoms with van der Waals surface area (Å²) in [5.41, 5.74) is 1.06. The summed E-state index contributed by atoms with van der Waals surface area (Å²) >= 11 is 0. The van der Waals surface area contributed by atoms with Crippen LogP contribution in [0.2, 0.25) is 0 Å². The van der Waals surface area contributed by atoms with Crippen LogP contribution in [0.25, 0.3) is 0 Å². The Morgan fingerprint density at radius 3 is 2.52 bits per heavy atom. The first-order valence-electron chi connectivity index (χ1n) is 8.23. The molecule has 8 nitrogen and oxygen atoms in total. The van der Waals surface area contributed by atoms with Crippen LogP contribution in [0.5, 0.6) is 0 Å². The first-order valence-corrected chi connectivity index (χ1v) is 9.61. The van der Waals surface area contributed by atoms with Crippen LogP contribution >= 0.6 is 0 Å². The molecule has 0 N–H and O–H groups in total. The summed E-state index contributed by atoms with van der Waals surface area (Å²) in [6, 6.07) is 9.08. The van der Waals surface area contributed by atoms with Crippen LogP contribution in [0.4, 0.5) is 0 Å². The van der Waals surface area contributed by atoms with Crippen molar-refractivity contribution in [3.63, 3.8) is 0 Å². The Morgan fingerprint density at radius 1 is 1.19 bits per heavy atom. The lowest BCUT2D eigenvalue weighted by molar-refractivity contribution is -0.164. The summed E-state index contributed by atoms with van der Waals surface area (Å²) in [6.45, 7) is 1.02. The van der Waals surface area contributed by atoms with Crippen LogP contribution in [0.1, 0.15) is 12.5 Å². The first kappa shape index (κ1) is 19.2. The molecule has 0 saturated carbocycles. The van der Waals surface area contributed by atoms with Crippen molar-refractivity contribution in [1.29, 1.82) is 0 Å². The Bertz CT molecular complexity index is 820. The molecule has 2 aliphatic rings. The van der Waals surface area contributed by atoms with Gasteiger partial charge in [-0.25, -0.2) is 4.79 Å². The third-order valence-corrected chi connectivity index (χ3v) is 5.90. The molecule has 0 bridgehead atoms. The summed E-state index contributed by atoms with van der Waals surface area (Å²) in [5, 5.41) is -0.747. The van der Waals surface area contributed by atoms with E-state index in [0.29, 0.717) is 5.57 Å². The zero-order chi connectivity index (χ0) is 19.6. The van der Waals surface area contributed by atoms with E-state index < -0.39 is 40.1 Å². The molecule has 2 aliphatic heterocycles. The van der Waals surface area contributed by atoms with E-state index in [2.05, 4.69) is 0 Å². The summed E-state index contributed by atoms with van der Waals surface area (Å²) in [4.78, 5) is 37.4. The van der Waals surface area contributed by atoms with E-state index in [1.165, 1.54) is 14.0 Å². The lowest BCUT2D eigenvalue weighted by Gasteiger charge is -2.48. The maximum Gasteiger partial charge on any atom is 0.355 e. The fourth-order valence-corrected chi connectivity index (χ4v) is 4.66. The SMILES string of the molecule is CO[C@H]1C(=O)N2C(C(=O)OCc3ccccc3)=C(COC(C)=O)CS(=O)C12. The quantitative estimate of drug-likeness (QED) is 0.512. The van der Waals surface area contributed by atoms with E-state index in [1.54, 1.807) is 12.1 Å². The van der Waals surface area contributed by atoms with Crippen LogP contribution in [0, 0.1) is 0 Å². The second-order valence-corrected chi connectivity index (χ2v) is 7.61. The zero-order valence-electron chi connectivity index (χ0n) is 14.9. The number of ether oxygens (including phenoxy) is 3. The number of nitrogens with zero attached hydrogens (tertiary/aromatic N) is 1. The van der Waals surface area contributed by atoms with Gasteiger partial charge in [0.25, 0.3) is 5.91 Å². The monoisotopic (exact) mass is 393 g/mol. The van der Waals surface area contributed by atoms with E-state index in [-0.39, 0.29) is 24.7 Å². The molecule has 0 aliphatic carbocycles. The molecule has 27 heavy (non-hydrogen) atoms. The van der Waals surface area contributed by atoms with Gasteiger partial charge in [0.1, 0.15) is 24.3 Å². The number of esters is 2. The molecule has 0 aromatic heterocycles. The number of benzene rings is 1. The fourth-order valence-electron chi connectivity index (χ4n) is 2.98. The molecule has 3 rings (SSSR count). The lowest BCUT2D eigenvalue weighted by Crippen LogP contribution is -2.69. The Labute approximate surface area is 158 Å². The van der Waals surface area contributed by atoms with Gasteiger partial charge in [0.05, 0.1) is 16.6 Å². The molecular formula is C18H19NO7S. The van der Waals surface area contributed by atoms with Gasteiger partial charge < -0.3 is 14.2 Å². The van der Waals surface area contributed by atoms with Crippen molar-refractivity contribution in [2.75, 3.05) is 19.5 Å². The molecule has 1 aromatic rings. The Hall–Kier alpha value is -2.52. The van der Waals surface area contributed by atoms with Crippen LogP contribution in [-0.2, 0) is 46.0 Å². The topological polar surface area (TPSA) is 99.2 Å². The second-order valence-electron chi connectivity index (χ2n) is 6.07. The number of amides is 1. The minimum Gasteiger partial charge on any atom is -0.461 e. The highest BCUT2D eigenvalue weighted by Gasteiger charge is 2.57. The smallest absolute Gasteiger partial charge is 0.355 e. The first-order chi connectivity index (χ1) is 12.9. The second kappa shape index (κ2) is 8.01. The molecule has 1 saturated heterocycles. The molecule has 0 spiro atoms. The van der Waals surface area contributed by atoms with E-state index in [0.717, 1.165) is 10.5 Å². The number of β-lactam (4-membered cyclic amide) rings is 1. The van der Waals surface area contributed by atoms with Crippen molar-refractivity contribution < 1.29 is 32.8 Å². The number of carbonyl (C=O) groups is 3. The van der Waals surface area contributed by atoms with Gasteiger partial charge in [-0.1, -0.05) is 30.3 Å². The summed E-state index contributed by atoms with van der Waals surface area (Å²) in [5.74, 6) is -1.75. The van der Waals surface area contributed by atoms with E-state index in [9.17, 15) is 18.6 Å². The lowest BCUT2D eigenvalue weighted by atomic mass is 10.1. The third-order valence-electron chi connectivity index (χ3n) is 4.27. The fraction of sp³-hybridized carbons (Fsp3) is 0.389. The highest BCUT2D eigenvalue weighted by atomic mass is 32.2. The average Bonchev–Trinajstić information content (AvgIpc) is 2.65. The zero-order valence-corrected chi connectivity index (χ0v) is 15.7. The molecule has 1 amide bonds. The third kappa shape index (κ3) is 3.79. The van der Waals surface area contributed by atoms with Gasteiger partial charge in [0.2, 0.25) is 0 Å². The highest BCUT2D eigenvalue weighted by molar-refractivity contribution is 7.86. The minimum atomic E-state index is -1.48. The molecule has 9 heteroatoms. The molecule has 3 atom stereocenters. The van der Waals surface area contributed by atoms with Crippen molar-refractivity contribution in [1.82, 2.24) is 4.90 Å². The number of rotatable bonds is 6. The van der Waals surface area contributed by atoms with Crippen LogP contribution < -0.4 is 0 Å². The van der Waals surface area contributed by atoms with Crippen molar-refractivity contribution in [3.8, 4) is 0 Å². The van der Waals surface area contributed by atoms with Crippen LogP contribution in [-0.4, -0.2) is 57.9 Å². The standard InChI is InChI=1S/C18H19NO7S/c1-11(20)25-9-13-10-27(23)17-15(24-2)16(21)19(17)14(13)18(22)26-8-12-6-4-3-5-7-12/h3-7,15,17H,8-10H2,1-2H3/t15-,17?,27?/m0/s1. The van der Waals surface area contributed by atoms with Crippen molar-refractivity contribution in [3.05, 3.63) is 47.2 Å². The normalized spacial score (nSPS) is 24.1. The number of methoxy groups -OCH3 is 1. The molecule has 1 aromatic carbocycles. The maximum absolute atomic E-state index is 12.7. The van der Waals surface area contributed by atoms with Gasteiger partial charge in [-0.2, -0.15) is 0 Å². The molecule has 144 valence electrons. The number of hydrogen-bond acceptors (Lipinski definition) is 7. The van der Waals surface area contributed by atoms with Crippen LogP contribution in [0.15, 0.2) is 41.6 Å². The van der Waals surface area contributed by atoms with Gasteiger partial charge in [-0.15, -0.1) is 0 Å². The van der Waals surface area contributed by atoms with E-state index in [1.807, 2.05) is 18.2 Å². The molecule has 2 unspecified atom stereocenters. The minimum absolute atomic E-state index is 0.00262. The van der Waals surface area contributed by atoms with Gasteiger partial charge in [-0.05, 0) is 5.56 Å². The predicted molar refractivity (Wildman–Crippen MR) is 94.3 cm³/mol. The molecular weight excluding hydrogens is 374 g/mol. The predicted octanol–water partition coefficient (Wildman–Crippen LogP) is 0.493. The molecule has 1 fully saturated rings. The summed E-state index contributed by atoms with van der Waals surface area (Å²) < 4.78 is 27.9. The largest absolute Gasteiger partial charge is 0.461 e. The Morgan fingerprint density at radius 2 is 1.89 bits per heavy atom. The van der Waals surface area contributed by atoms with Gasteiger partial charge >= 0.3 is 11.9 Å². The highest BCUT2D eigenvalue weighted by Crippen LogP contribution is 2.36. The molecule has 0 radical (unpaired) electrons. The van der Waals surface area contributed by atoms with Crippen molar-refractivity contribution in [2.24, 2.45) is 0 Å². The summed E-state index contributed by atoms with van der Waals surface area (Å²) in [6.07, 6.45) is -0.863. The number of hydrogen-bond donors (Lipinski definition) is 0. The average molecular weight is 393 g/mol. The van der Waals surface area contributed by atoms with E-state index >= 15 is 0 Å². The molecule has 2 heterocycles. The van der Waals surface area contributed by atoms with Gasteiger partial charge in [0, 0.05) is 19.6 Å². The number of carbonyl (C=O) groups excluding carboxylic acids is 3. The Kier molecular flexibility index (Phi) is 5.71. The van der Waals surface area contributed by atoms with Crippen molar-refractivity contribution in [2.45, 2.75) is 25.0 Å².